The predicted octanol–water partition coefficient (Wildman–Crippen LogP) is 7.04. The van der Waals surface area contributed by atoms with Gasteiger partial charge in [-0.05, 0) is 33.3 Å². The maximum atomic E-state index is 11.7. The molecule has 2 fully saturated rings. The van der Waals surface area contributed by atoms with E-state index < -0.39 is 61.3 Å². The predicted molar refractivity (Wildman–Crippen MR) is 221 cm³/mol. The Balaban J connectivity index is 1.20. The van der Waals surface area contributed by atoms with Crippen molar-refractivity contribution >= 4 is 0 Å². The Bertz CT molecular complexity index is 2010. The van der Waals surface area contributed by atoms with Crippen molar-refractivity contribution in [1.29, 1.82) is 0 Å². The molecule has 0 radical (unpaired) electrons. The molecule has 0 aromatic heterocycles. The Morgan fingerprint density at radius 1 is 0.467 bits per heavy atom. The number of hydrogen-bond donors (Lipinski definition) is 2. The first-order valence-electron chi connectivity index (χ1n) is 20.1. The molecule has 60 heavy (non-hydrogen) atoms. The highest BCUT2D eigenvalue weighted by Crippen LogP contribution is 2.35. The van der Waals surface area contributed by atoms with Crippen molar-refractivity contribution in [3.63, 3.8) is 0 Å². The Labute approximate surface area is 349 Å². The van der Waals surface area contributed by atoms with Crippen molar-refractivity contribution in [2.45, 2.75) is 94.4 Å². The molecule has 0 aliphatic carbocycles. The number of azide groups is 1. The zero-order chi connectivity index (χ0) is 41.4. The Hall–Kier alpha value is -4.99. The standard InChI is InChI=1S/C47H51N3O10/c48-50-49-40-44(55-28-35-20-10-3-11-21-35)43(39(32-54-27-34-18-8-2-9-19-34)59-46(40)57-30-37-24-14-5-15-25-37)60-47-45(56-29-36-22-12-4-13-23-36)42(52)41(51)38(58-47)31-53-26-33-16-6-1-7-17-33/h1-25,38-47,51-52H,26-32H2/t38-,39-,40-,41+,42+,43-,44-,45-,46?,47+/m1/s1. The van der Waals surface area contributed by atoms with Gasteiger partial charge in [0, 0.05) is 4.91 Å². The van der Waals surface area contributed by atoms with Gasteiger partial charge in [-0.2, -0.15) is 0 Å². The van der Waals surface area contributed by atoms with Gasteiger partial charge in [0.25, 0.3) is 0 Å². The van der Waals surface area contributed by atoms with Crippen LogP contribution in [0.25, 0.3) is 10.4 Å². The lowest BCUT2D eigenvalue weighted by Gasteiger charge is -2.48. The van der Waals surface area contributed by atoms with Gasteiger partial charge >= 0.3 is 0 Å². The number of rotatable bonds is 20. The lowest BCUT2D eigenvalue weighted by atomic mass is 9.95. The third kappa shape index (κ3) is 12.1. The Morgan fingerprint density at radius 2 is 0.867 bits per heavy atom. The molecular weight excluding hydrogens is 767 g/mol. The van der Waals surface area contributed by atoms with E-state index >= 15 is 0 Å². The van der Waals surface area contributed by atoms with E-state index in [1.165, 1.54) is 0 Å². The third-order valence-corrected chi connectivity index (χ3v) is 10.4. The first-order valence-corrected chi connectivity index (χ1v) is 20.1. The van der Waals surface area contributed by atoms with Crippen LogP contribution in [0.5, 0.6) is 0 Å². The quantitative estimate of drug-likeness (QED) is 0.0473. The SMILES string of the molecule is [N-]=[N+]=N[C@H]1C(OCc2ccccc2)O[C@H](COCc2ccccc2)[C@@H](O[C@@H]2O[C@H](COCc3ccccc3)[C@H](O)[C@H](O)[C@H]2OCc2ccccc2)[C@@H]1OCc1ccccc1. The molecule has 0 saturated carbocycles. The molecule has 2 heterocycles. The zero-order valence-corrected chi connectivity index (χ0v) is 33.2. The Morgan fingerprint density at radius 3 is 1.33 bits per heavy atom. The van der Waals surface area contributed by atoms with Gasteiger partial charge in [0.15, 0.2) is 12.6 Å². The molecular formula is C47H51N3O10. The van der Waals surface area contributed by atoms with Crippen LogP contribution < -0.4 is 0 Å². The zero-order valence-electron chi connectivity index (χ0n) is 33.2. The minimum Gasteiger partial charge on any atom is -0.387 e. The van der Waals surface area contributed by atoms with Gasteiger partial charge in [0.2, 0.25) is 0 Å². The smallest absolute Gasteiger partial charge is 0.187 e. The molecule has 2 N–H and O–H groups in total. The van der Waals surface area contributed by atoms with Crippen LogP contribution in [0.1, 0.15) is 27.8 Å². The van der Waals surface area contributed by atoms with Gasteiger partial charge in [-0.15, -0.1) is 0 Å². The van der Waals surface area contributed by atoms with Gasteiger partial charge in [-0.3, -0.25) is 0 Å². The fourth-order valence-corrected chi connectivity index (χ4v) is 7.21. The van der Waals surface area contributed by atoms with Gasteiger partial charge in [-0.1, -0.05) is 157 Å². The third-order valence-electron chi connectivity index (χ3n) is 10.4. The van der Waals surface area contributed by atoms with Gasteiger partial charge in [0.05, 0.1) is 46.2 Å². The molecule has 2 saturated heterocycles. The van der Waals surface area contributed by atoms with E-state index in [2.05, 4.69) is 10.0 Å². The minimum absolute atomic E-state index is 0.00992. The van der Waals surface area contributed by atoms with Crippen LogP contribution in [-0.2, 0) is 70.9 Å². The lowest BCUT2D eigenvalue weighted by molar-refractivity contribution is -0.358. The molecule has 5 aromatic carbocycles. The van der Waals surface area contributed by atoms with E-state index in [9.17, 15) is 15.7 Å². The molecule has 0 spiro atoms. The number of ether oxygens (including phenoxy) is 8. The highest BCUT2D eigenvalue weighted by Gasteiger charge is 2.53. The number of aliphatic hydroxyl groups excluding tert-OH is 2. The highest BCUT2D eigenvalue weighted by molar-refractivity contribution is 5.17. The van der Waals surface area contributed by atoms with E-state index in [-0.39, 0.29) is 46.2 Å². The fraction of sp³-hybridized carbons (Fsp3) is 0.362. The van der Waals surface area contributed by atoms with Crippen molar-refractivity contribution in [1.82, 2.24) is 0 Å². The summed E-state index contributed by atoms with van der Waals surface area (Å²) in [6.45, 7) is 0.851. The van der Waals surface area contributed by atoms with Crippen molar-refractivity contribution < 1.29 is 48.1 Å². The molecule has 2 aliphatic heterocycles. The first kappa shape index (κ1) is 43.1. The summed E-state index contributed by atoms with van der Waals surface area (Å²) < 4.78 is 51.7. The summed E-state index contributed by atoms with van der Waals surface area (Å²) in [5, 5.41) is 27.4. The second-order valence-electron chi connectivity index (χ2n) is 14.7. The topological polar surface area (TPSA) is 163 Å². The number of benzene rings is 5. The van der Waals surface area contributed by atoms with Gasteiger partial charge in [-0.25, -0.2) is 0 Å². The van der Waals surface area contributed by atoms with Gasteiger partial charge in [0.1, 0.15) is 48.8 Å². The monoisotopic (exact) mass is 817 g/mol. The van der Waals surface area contributed by atoms with Crippen molar-refractivity contribution in [3.8, 4) is 0 Å². The normalized spacial score (nSPS) is 26.6. The van der Waals surface area contributed by atoms with E-state index in [0.29, 0.717) is 0 Å². The fourth-order valence-electron chi connectivity index (χ4n) is 7.21. The maximum absolute atomic E-state index is 11.7. The summed E-state index contributed by atoms with van der Waals surface area (Å²) in [6, 6.07) is 46.9. The van der Waals surface area contributed by atoms with Crippen molar-refractivity contribution in [2.75, 3.05) is 13.2 Å². The minimum atomic E-state index is -1.45. The summed E-state index contributed by atoms with van der Waals surface area (Å²) in [7, 11) is 0. The summed E-state index contributed by atoms with van der Waals surface area (Å²) in [5.41, 5.74) is 14.4. The van der Waals surface area contributed by atoms with Crippen LogP contribution in [0.4, 0.5) is 0 Å². The van der Waals surface area contributed by atoms with Crippen molar-refractivity contribution in [3.05, 3.63) is 190 Å². The summed E-state index contributed by atoms with van der Waals surface area (Å²) in [5.74, 6) is 0. The number of nitrogens with zero attached hydrogens (tertiary/aromatic N) is 3. The molecule has 10 atom stereocenters. The van der Waals surface area contributed by atoms with E-state index in [0.717, 1.165) is 27.8 Å². The van der Waals surface area contributed by atoms with Crippen LogP contribution in [-0.4, -0.2) is 84.8 Å². The molecule has 7 rings (SSSR count). The largest absolute Gasteiger partial charge is 0.387 e. The number of aliphatic hydroxyl groups is 2. The molecule has 0 amide bonds. The highest BCUT2D eigenvalue weighted by atomic mass is 16.7. The van der Waals surface area contributed by atoms with E-state index in [4.69, 9.17) is 37.9 Å². The van der Waals surface area contributed by atoms with Crippen LogP contribution >= 0.6 is 0 Å². The summed E-state index contributed by atoms with van der Waals surface area (Å²) in [4.78, 5) is 3.20. The molecule has 314 valence electrons. The molecule has 0 bridgehead atoms. The van der Waals surface area contributed by atoms with Crippen LogP contribution in [0.3, 0.4) is 0 Å². The Kier molecular flexibility index (Phi) is 16.2. The molecule has 13 nitrogen and oxygen atoms in total. The van der Waals surface area contributed by atoms with E-state index in [1.54, 1.807) is 0 Å². The summed E-state index contributed by atoms with van der Waals surface area (Å²) >= 11 is 0. The van der Waals surface area contributed by atoms with Crippen LogP contribution in [0.15, 0.2) is 157 Å². The lowest BCUT2D eigenvalue weighted by Crippen LogP contribution is -2.65. The second kappa shape index (κ2) is 22.6. The molecule has 2 aliphatic rings. The average Bonchev–Trinajstić information content (AvgIpc) is 3.29. The van der Waals surface area contributed by atoms with Crippen LogP contribution in [0.2, 0.25) is 0 Å². The molecule has 1 unspecified atom stereocenters. The van der Waals surface area contributed by atoms with Crippen molar-refractivity contribution in [2.24, 2.45) is 5.11 Å². The van der Waals surface area contributed by atoms with Crippen LogP contribution in [0, 0.1) is 0 Å². The number of hydrogen-bond acceptors (Lipinski definition) is 11. The average molecular weight is 818 g/mol. The second-order valence-corrected chi connectivity index (χ2v) is 14.7. The maximum Gasteiger partial charge on any atom is 0.187 e. The van der Waals surface area contributed by atoms with Gasteiger partial charge < -0.3 is 48.1 Å². The molecule has 5 aromatic rings. The summed E-state index contributed by atoms with van der Waals surface area (Å²) in [6.07, 6.45) is -10.3. The first-order chi connectivity index (χ1) is 29.6. The van der Waals surface area contributed by atoms with E-state index in [1.807, 2.05) is 152 Å². The molecule has 13 heteroatoms.